The Bertz CT molecular complexity index is 943. The number of ketones is 1. The summed E-state index contributed by atoms with van der Waals surface area (Å²) in [6.45, 7) is 1.79. The van der Waals surface area contributed by atoms with Crippen molar-refractivity contribution in [3.63, 3.8) is 0 Å². The van der Waals surface area contributed by atoms with Crippen LogP contribution in [0.4, 0.5) is 17.3 Å². The van der Waals surface area contributed by atoms with Gasteiger partial charge >= 0.3 is 0 Å². The smallest absolute Gasteiger partial charge is 0.229 e. The summed E-state index contributed by atoms with van der Waals surface area (Å²) >= 11 is 0. The van der Waals surface area contributed by atoms with Crippen molar-refractivity contribution < 1.29 is 14.3 Å². The van der Waals surface area contributed by atoms with Gasteiger partial charge in [-0.2, -0.15) is 0 Å². The second kappa shape index (κ2) is 9.27. The van der Waals surface area contributed by atoms with Crippen molar-refractivity contribution in [2.75, 3.05) is 17.2 Å². The molecule has 0 bridgehead atoms. The summed E-state index contributed by atoms with van der Waals surface area (Å²) in [4.78, 5) is 23.4. The number of nitrogens with zero attached hydrogens (tertiary/aromatic N) is 2. The van der Waals surface area contributed by atoms with Crippen molar-refractivity contribution in [2.45, 2.75) is 13.3 Å². The molecule has 1 heterocycles. The average Bonchev–Trinajstić information content (AvgIpc) is 2.70. The first kappa shape index (κ1) is 19.0. The van der Waals surface area contributed by atoms with E-state index in [-0.39, 0.29) is 24.7 Å². The van der Waals surface area contributed by atoms with Crippen LogP contribution in [0.2, 0.25) is 0 Å². The molecule has 3 rings (SSSR count). The van der Waals surface area contributed by atoms with Crippen LogP contribution in [0.25, 0.3) is 0 Å². The van der Waals surface area contributed by atoms with Gasteiger partial charge in [-0.3, -0.25) is 9.59 Å². The fraction of sp³-hybridized carbons (Fsp3) is 0.143. The molecule has 0 aliphatic heterocycles. The highest BCUT2D eigenvalue weighted by atomic mass is 16.5. The second-order valence-electron chi connectivity index (χ2n) is 6.03. The molecule has 0 atom stereocenters. The fourth-order valence-corrected chi connectivity index (χ4v) is 2.41. The number of aromatic nitrogens is 2. The number of hydrogen-bond acceptors (Lipinski definition) is 6. The minimum Gasteiger partial charge on any atom is -0.493 e. The van der Waals surface area contributed by atoms with Crippen LogP contribution >= 0.6 is 0 Å². The molecule has 0 unspecified atom stereocenters. The molecule has 0 saturated heterocycles. The third-order valence-electron chi connectivity index (χ3n) is 3.81. The molecule has 0 aliphatic rings. The van der Waals surface area contributed by atoms with Gasteiger partial charge in [0.25, 0.3) is 0 Å². The van der Waals surface area contributed by atoms with Crippen molar-refractivity contribution in [3.05, 3.63) is 72.3 Å². The van der Waals surface area contributed by atoms with Crippen molar-refractivity contribution in [3.8, 4) is 5.75 Å². The van der Waals surface area contributed by atoms with Crippen LogP contribution in [0.15, 0.2) is 66.7 Å². The van der Waals surface area contributed by atoms with Gasteiger partial charge in [0.15, 0.2) is 17.4 Å². The number of hydrogen-bond donors (Lipinski definition) is 2. The first-order valence-electron chi connectivity index (χ1n) is 8.79. The quantitative estimate of drug-likeness (QED) is 0.581. The van der Waals surface area contributed by atoms with Crippen molar-refractivity contribution >= 4 is 29.0 Å². The number of ether oxygens (including phenoxy) is 1. The number of para-hydroxylation sites is 1. The van der Waals surface area contributed by atoms with Gasteiger partial charge in [0.2, 0.25) is 5.91 Å². The number of Topliss-reactive ketones (excluding diaryl/α,β-unsaturated/α-hetero) is 1. The minimum absolute atomic E-state index is 0.0101. The van der Waals surface area contributed by atoms with Crippen LogP contribution in [-0.4, -0.2) is 28.5 Å². The van der Waals surface area contributed by atoms with Gasteiger partial charge in [-0.05, 0) is 43.3 Å². The Morgan fingerprint density at radius 3 is 2.39 bits per heavy atom. The highest BCUT2D eigenvalue weighted by molar-refractivity contribution is 5.95. The highest BCUT2D eigenvalue weighted by Gasteiger charge is 2.06. The fourth-order valence-electron chi connectivity index (χ4n) is 2.41. The molecule has 0 fully saturated rings. The monoisotopic (exact) mass is 376 g/mol. The lowest BCUT2D eigenvalue weighted by Crippen LogP contribution is -2.16. The number of anilines is 3. The van der Waals surface area contributed by atoms with Gasteiger partial charge < -0.3 is 15.4 Å². The Morgan fingerprint density at radius 2 is 1.68 bits per heavy atom. The Labute approximate surface area is 162 Å². The standard InChI is InChI=1S/C21H20N4O3/c1-15(26)16-6-5-7-17(14-16)22-19-10-11-20(25-24-19)23-21(27)12-13-28-18-8-3-2-4-9-18/h2-11,14H,12-13H2,1H3,(H,22,24)(H,23,25,27). The number of carbonyl (C=O) groups is 2. The first-order valence-corrected chi connectivity index (χ1v) is 8.79. The van der Waals surface area contributed by atoms with Crippen LogP contribution in [-0.2, 0) is 4.79 Å². The topological polar surface area (TPSA) is 93.2 Å². The van der Waals surface area contributed by atoms with Crippen LogP contribution < -0.4 is 15.4 Å². The van der Waals surface area contributed by atoms with Crippen LogP contribution in [0.1, 0.15) is 23.7 Å². The summed E-state index contributed by atoms with van der Waals surface area (Å²) < 4.78 is 5.50. The maximum atomic E-state index is 12.0. The zero-order valence-corrected chi connectivity index (χ0v) is 15.4. The maximum Gasteiger partial charge on any atom is 0.229 e. The van der Waals surface area contributed by atoms with E-state index in [2.05, 4.69) is 20.8 Å². The van der Waals surface area contributed by atoms with E-state index in [0.717, 1.165) is 11.4 Å². The first-order chi connectivity index (χ1) is 13.6. The van der Waals surface area contributed by atoms with Gasteiger partial charge in [0, 0.05) is 11.3 Å². The summed E-state index contributed by atoms with van der Waals surface area (Å²) in [6.07, 6.45) is 0.203. The molecule has 2 aromatic carbocycles. The molecule has 28 heavy (non-hydrogen) atoms. The number of rotatable bonds is 8. The predicted octanol–water partition coefficient (Wildman–Crippen LogP) is 3.83. The third kappa shape index (κ3) is 5.63. The number of carbonyl (C=O) groups excluding carboxylic acids is 2. The molecule has 1 amide bonds. The molecule has 0 saturated carbocycles. The SMILES string of the molecule is CC(=O)c1cccc(Nc2ccc(NC(=O)CCOc3ccccc3)nn2)c1. The highest BCUT2D eigenvalue weighted by Crippen LogP contribution is 2.17. The lowest BCUT2D eigenvalue weighted by molar-refractivity contribution is -0.116. The molecule has 3 aromatic rings. The number of nitrogens with one attached hydrogen (secondary N) is 2. The molecule has 0 aliphatic carbocycles. The average molecular weight is 376 g/mol. The zero-order chi connectivity index (χ0) is 19.8. The van der Waals surface area contributed by atoms with Gasteiger partial charge in [0.05, 0.1) is 13.0 Å². The predicted molar refractivity (Wildman–Crippen MR) is 107 cm³/mol. The van der Waals surface area contributed by atoms with Crippen LogP contribution in [0.5, 0.6) is 5.75 Å². The third-order valence-corrected chi connectivity index (χ3v) is 3.81. The van der Waals surface area contributed by atoms with E-state index in [1.165, 1.54) is 6.92 Å². The molecule has 0 spiro atoms. The molecule has 1 aromatic heterocycles. The van der Waals surface area contributed by atoms with Crippen LogP contribution in [0.3, 0.4) is 0 Å². The zero-order valence-electron chi connectivity index (χ0n) is 15.4. The summed E-state index contributed by atoms with van der Waals surface area (Å²) in [5.74, 6) is 1.36. The normalized spacial score (nSPS) is 10.2. The number of amides is 1. The van der Waals surface area contributed by atoms with E-state index in [0.29, 0.717) is 17.2 Å². The molecular weight excluding hydrogens is 356 g/mol. The number of benzene rings is 2. The summed E-state index contributed by atoms with van der Waals surface area (Å²) in [7, 11) is 0. The molecule has 2 N–H and O–H groups in total. The van der Waals surface area contributed by atoms with Gasteiger partial charge in [-0.25, -0.2) is 0 Å². The van der Waals surface area contributed by atoms with Crippen molar-refractivity contribution in [1.82, 2.24) is 10.2 Å². The summed E-state index contributed by atoms with van der Waals surface area (Å²) in [5, 5.41) is 13.8. The summed E-state index contributed by atoms with van der Waals surface area (Å²) in [6, 6.07) is 19.8. The lowest BCUT2D eigenvalue weighted by Gasteiger charge is -2.08. The van der Waals surface area contributed by atoms with E-state index in [1.807, 2.05) is 36.4 Å². The Morgan fingerprint density at radius 1 is 0.929 bits per heavy atom. The lowest BCUT2D eigenvalue weighted by atomic mass is 10.1. The maximum absolute atomic E-state index is 12.0. The Hall–Kier alpha value is -3.74. The van der Waals surface area contributed by atoms with Crippen molar-refractivity contribution in [2.24, 2.45) is 0 Å². The molecule has 7 heteroatoms. The van der Waals surface area contributed by atoms with E-state index in [9.17, 15) is 9.59 Å². The molecule has 142 valence electrons. The van der Waals surface area contributed by atoms with Gasteiger partial charge in [-0.1, -0.05) is 30.3 Å². The minimum atomic E-state index is -0.208. The van der Waals surface area contributed by atoms with Gasteiger partial charge in [-0.15, -0.1) is 10.2 Å². The van der Waals surface area contributed by atoms with E-state index >= 15 is 0 Å². The largest absolute Gasteiger partial charge is 0.493 e. The van der Waals surface area contributed by atoms with E-state index in [1.54, 1.807) is 30.3 Å². The Balaban J connectivity index is 1.49. The second-order valence-corrected chi connectivity index (χ2v) is 6.03. The van der Waals surface area contributed by atoms with E-state index in [4.69, 9.17) is 4.74 Å². The molecule has 7 nitrogen and oxygen atoms in total. The van der Waals surface area contributed by atoms with Gasteiger partial charge in [0.1, 0.15) is 5.75 Å². The van der Waals surface area contributed by atoms with E-state index < -0.39 is 0 Å². The molecule has 0 radical (unpaired) electrons. The Kier molecular flexibility index (Phi) is 6.30. The van der Waals surface area contributed by atoms with Crippen LogP contribution in [0, 0.1) is 0 Å². The summed E-state index contributed by atoms with van der Waals surface area (Å²) in [5.41, 5.74) is 1.34. The molecular formula is C21H20N4O3. The van der Waals surface area contributed by atoms with Crippen molar-refractivity contribution in [1.29, 1.82) is 0 Å².